The molecule has 1 aliphatic heterocycles. The van der Waals surface area contributed by atoms with Crippen LogP contribution in [-0.2, 0) is 17.6 Å². The molecule has 1 heterocycles. The summed E-state index contributed by atoms with van der Waals surface area (Å²) in [6.45, 7) is 2.72. The SMILES string of the molecule is CNCC1CCC(Oc2cc3c(cc2O)C(CCO)SSCC(O)C(Cc2cc(OC)c(O)c(OC)c2)C(O)CC(OCO)CC3)CC1C1C=CCC(C)C1. The maximum absolute atomic E-state index is 11.7. The minimum Gasteiger partial charge on any atom is -0.504 e. The van der Waals surface area contributed by atoms with Crippen LogP contribution in [0.1, 0.15) is 80.2 Å². The molecule has 0 spiro atoms. The Labute approximate surface area is 334 Å². The molecular weight excluding hydrogens is 743 g/mol. The van der Waals surface area contributed by atoms with Crippen LogP contribution in [0.2, 0.25) is 0 Å². The molecule has 0 bridgehead atoms. The van der Waals surface area contributed by atoms with Crippen LogP contribution in [0.4, 0.5) is 0 Å². The molecule has 2 aromatic rings. The van der Waals surface area contributed by atoms with E-state index in [0.717, 1.165) is 43.4 Å². The van der Waals surface area contributed by atoms with Crippen molar-refractivity contribution < 1.29 is 49.6 Å². The van der Waals surface area contributed by atoms with E-state index < -0.39 is 31.0 Å². The lowest BCUT2D eigenvalue weighted by molar-refractivity contribution is -0.0808. The van der Waals surface area contributed by atoms with E-state index in [1.54, 1.807) is 18.2 Å². The highest BCUT2D eigenvalue weighted by molar-refractivity contribution is 8.76. The number of phenols is 2. The van der Waals surface area contributed by atoms with Gasteiger partial charge in [-0.15, -0.1) is 0 Å². The zero-order chi connectivity index (χ0) is 39.5. The third-order valence-electron chi connectivity index (χ3n) is 11.8. The molecule has 0 aromatic heterocycles. The Morgan fingerprint density at radius 2 is 1.65 bits per heavy atom. The van der Waals surface area contributed by atoms with E-state index in [-0.39, 0.29) is 59.6 Å². The van der Waals surface area contributed by atoms with Gasteiger partial charge in [0.05, 0.1) is 38.6 Å². The molecule has 10 atom stereocenters. The van der Waals surface area contributed by atoms with Crippen LogP contribution in [0, 0.1) is 29.6 Å². The second kappa shape index (κ2) is 21.4. The van der Waals surface area contributed by atoms with Crippen LogP contribution in [-0.4, -0.2) is 102 Å². The van der Waals surface area contributed by atoms with Gasteiger partial charge in [0.25, 0.3) is 0 Å². The Morgan fingerprint density at radius 1 is 0.891 bits per heavy atom. The number of aliphatic hydroxyl groups excluding tert-OH is 4. The average molecular weight is 806 g/mol. The fourth-order valence-electron chi connectivity index (χ4n) is 8.92. The minimum absolute atomic E-state index is 0.0341. The topological polar surface area (TPSA) is 170 Å². The lowest BCUT2D eigenvalue weighted by atomic mass is 9.67. The van der Waals surface area contributed by atoms with Gasteiger partial charge in [0.1, 0.15) is 6.79 Å². The number of nitrogens with one attached hydrogen (secondary N) is 1. The second-order valence-electron chi connectivity index (χ2n) is 15.6. The number of aryl methyl sites for hydroxylation is 1. The maximum atomic E-state index is 11.7. The normalized spacial score (nSPS) is 30.7. The number of ether oxygens (including phenoxy) is 4. The van der Waals surface area contributed by atoms with Crippen molar-refractivity contribution in [2.24, 2.45) is 29.6 Å². The summed E-state index contributed by atoms with van der Waals surface area (Å²) >= 11 is 0. The van der Waals surface area contributed by atoms with E-state index in [0.29, 0.717) is 54.2 Å². The third kappa shape index (κ3) is 11.6. The van der Waals surface area contributed by atoms with Gasteiger partial charge < -0.3 is 54.9 Å². The highest BCUT2D eigenvalue weighted by Crippen LogP contribution is 2.48. The lowest BCUT2D eigenvalue weighted by Crippen LogP contribution is -2.39. The predicted octanol–water partition coefficient (Wildman–Crippen LogP) is 6.16. The molecule has 11 nitrogen and oxygen atoms in total. The predicted molar refractivity (Wildman–Crippen MR) is 218 cm³/mol. The van der Waals surface area contributed by atoms with Crippen LogP contribution >= 0.6 is 21.6 Å². The average Bonchev–Trinajstić information content (AvgIpc) is 3.17. The van der Waals surface area contributed by atoms with Gasteiger partial charge in [-0.1, -0.05) is 40.7 Å². The van der Waals surface area contributed by atoms with E-state index in [9.17, 15) is 30.6 Å². The van der Waals surface area contributed by atoms with Gasteiger partial charge in [0.15, 0.2) is 23.0 Å². The molecule has 3 aliphatic rings. The van der Waals surface area contributed by atoms with Crippen molar-refractivity contribution in [2.75, 3.05) is 47.0 Å². The van der Waals surface area contributed by atoms with Gasteiger partial charge in [0, 0.05) is 23.5 Å². The van der Waals surface area contributed by atoms with Crippen LogP contribution in [0.5, 0.6) is 28.7 Å². The van der Waals surface area contributed by atoms with E-state index >= 15 is 0 Å². The van der Waals surface area contributed by atoms with E-state index in [4.69, 9.17) is 18.9 Å². The van der Waals surface area contributed by atoms with Gasteiger partial charge >= 0.3 is 0 Å². The Bertz CT molecular complexity index is 1500. The number of benzene rings is 2. The largest absolute Gasteiger partial charge is 0.504 e. The number of aliphatic hydroxyl groups is 4. The summed E-state index contributed by atoms with van der Waals surface area (Å²) in [4.78, 5) is 0. The summed E-state index contributed by atoms with van der Waals surface area (Å²) in [5.41, 5.74) is 2.53. The van der Waals surface area contributed by atoms with Crippen molar-refractivity contribution in [3.8, 4) is 28.7 Å². The number of hydrogen-bond donors (Lipinski definition) is 7. The highest BCUT2D eigenvalue weighted by atomic mass is 33.1. The first kappa shape index (κ1) is 43.8. The van der Waals surface area contributed by atoms with Crippen LogP contribution in [0.15, 0.2) is 36.4 Å². The Hall–Kier alpha value is -2.36. The summed E-state index contributed by atoms with van der Waals surface area (Å²) in [6, 6.07) is 7.05. The minimum atomic E-state index is -0.997. The zero-order valence-corrected chi connectivity index (χ0v) is 34.4. The van der Waals surface area contributed by atoms with E-state index in [1.807, 2.05) is 13.1 Å². The monoisotopic (exact) mass is 805 g/mol. The highest BCUT2D eigenvalue weighted by Gasteiger charge is 2.37. The van der Waals surface area contributed by atoms with Crippen molar-refractivity contribution in [1.29, 1.82) is 0 Å². The molecule has 13 heteroatoms. The number of aromatic hydroxyl groups is 2. The molecule has 1 saturated carbocycles. The summed E-state index contributed by atoms with van der Waals surface area (Å²) in [6.07, 6.45) is 9.25. The quantitative estimate of drug-likeness (QED) is 0.0699. The fraction of sp³-hybridized carbons (Fsp3) is 0.667. The van der Waals surface area contributed by atoms with Crippen molar-refractivity contribution in [3.63, 3.8) is 0 Å². The number of hydrogen-bond acceptors (Lipinski definition) is 13. The smallest absolute Gasteiger partial charge is 0.200 e. The molecule has 2 aliphatic carbocycles. The number of rotatable bonds is 13. The van der Waals surface area contributed by atoms with Gasteiger partial charge in [-0.2, -0.15) is 0 Å². The number of fused-ring (bicyclic) bond motifs is 1. The maximum Gasteiger partial charge on any atom is 0.200 e. The standard InChI is InChI=1S/C42H63NO10S2/c1-25-6-5-7-27(14-25)32-19-31(11-9-29(32)22-43-2)53-38-18-28-8-10-30(52-24-45)20-35(46)34(15-26-16-39(50-3)42(49)40(17-26)51-4)37(48)23-54-55-41(12-13-44)33(28)21-36(38)47/h5,7,16-18,21,25,27,29-32,34-35,37,41,43-49H,6,8-15,19-20,22-24H2,1-4H3. The molecule has 10 unspecified atom stereocenters. The Kier molecular flexibility index (Phi) is 17.0. The molecule has 7 N–H and O–H groups in total. The van der Waals surface area contributed by atoms with Crippen molar-refractivity contribution in [2.45, 2.75) is 101 Å². The molecule has 1 fully saturated rings. The Morgan fingerprint density at radius 3 is 2.33 bits per heavy atom. The summed E-state index contributed by atoms with van der Waals surface area (Å²) < 4.78 is 23.2. The lowest BCUT2D eigenvalue weighted by Gasteiger charge is -2.41. The fourth-order valence-corrected chi connectivity index (χ4v) is 11.8. The molecular formula is C42H63NO10S2. The molecule has 0 radical (unpaired) electrons. The molecule has 2 aromatic carbocycles. The van der Waals surface area contributed by atoms with Crippen LogP contribution in [0.25, 0.3) is 0 Å². The van der Waals surface area contributed by atoms with Crippen molar-refractivity contribution in [3.05, 3.63) is 53.1 Å². The van der Waals surface area contributed by atoms with Crippen LogP contribution < -0.4 is 19.5 Å². The van der Waals surface area contributed by atoms with Gasteiger partial charge in [-0.3, -0.25) is 0 Å². The van der Waals surface area contributed by atoms with E-state index in [1.165, 1.54) is 42.2 Å². The number of methoxy groups -OCH3 is 2. The zero-order valence-electron chi connectivity index (χ0n) is 32.8. The van der Waals surface area contributed by atoms with Gasteiger partial charge in [-0.25, -0.2) is 0 Å². The molecule has 0 saturated heterocycles. The first-order chi connectivity index (χ1) is 26.6. The van der Waals surface area contributed by atoms with E-state index in [2.05, 4.69) is 24.4 Å². The molecule has 5 rings (SSSR count). The summed E-state index contributed by atoms with van der Waals surface area (Å²) in [7, 11) is 7.90. The van der Waals surface area contributed by atoms with Gasteiger partial charge in [-0.05, 0) is 142 Å². The summed E-state index contributed by atoms with van der Waals surface area (Å²) in [5.74, 6) is 2.72. The molecule has 308 valence electrons. The molecule has 55 heavy (non-hydrogen) atoms. The first-order valence-electron chi connectivity index (χ1n) is 19.8. The molecule has 0 amide bonds. The van der Waals surface area contributed by atoms with Crippen molar-refractivity contribution in [1.82, 2.24) is 5.32 Å². The third-order valence-corrected chi connectivity index (χ3v) is 14.7. The Balaban J connectivity index is 1.40. The van der Waals surface area contributed by atoms with Gasteiger partial charge in [0.2, 0.25) is 5.75 Å². The number of phenolic OH excluding ortho intramolecular Hbond substituents is 2. The second-order valence-corrected chi connectivity index (χ2v) is 18.3. The van der Waals surface area contributed by atoms with Crippen LogP contribution in [0.3, 0.4) is 0 Å². The summed E-state index contributed by atoms with van der Waals surface area (Å²) in [5, 5.41) is 68.5. The number of allylic oxidation sites excluding steroid dienone is 2. The first-order valence-corrected chi connectivity index (χ1v) is 22.2. The van der Waals surface area contributed by atoms with Crippen molar-refractivity contribution >= 4 is 21.6 Å².